The monoisotopic (exact) mass is 414 g/mol. The van der Waals surface area contributed by atoms with Crippen LogP contribution in [0.1, 0.15) is 27.7 Å². The Labute approximate surface area is 139 Å². The fourth-order valence-electron chi connectivity index (χ4n) is 1.03. The number of ether oxygens (including phenoxy) is 2. The van der Waals surface area contributed by atoms with E-state index in [1.54, 1.807) is 0 Å². The van der Waals surface area contributed by atoms with Crippen molar-refractivity contribution in [2.45, 2.75) is 64.0 Å². The molecule has 0 amide bonds. The number of esters is 1. The van der Waals surface area contributed by atoms with Crippen molar-refractivity contribution in [3.63, 3.8) is 0 Å². The number of alkyl halides is 11. The Morgan fingerprint density at radius 3 is 1.42 bits per heavy atom. The van der Waals surface area contributed by atoms with E-state index in [0.717, 1.165) is 6.92 Å². The van der Waals surface area contributed by atoms with E-state index >= 15 is 0 Å². The van der Waals surface area contributed by atoms with Crippen LogP contribution in [0.2, 0.25) is 0 Å². The van der Waals surface area contributed by atoms with Gasteiger partial charge in [-0.1, -0.05) is 20.8 Å². The smallest absolute Gasteiger partial charge is 0.458 e. The molecular weight excluding hydrogens is 401 g/mol. The molecule has 0 saturated heterocycles. The van der Waals surface area contributed by atoms with Crippen LogP contribution in [-0.2, 0) is 14.3 Å². The second-order valence-electron chi connectivity index (χ2n) is 6.20. The Kier molecular flexibility index (Phi) is 6.33. The van der Waals surface area contributed by atoms with E-state index in [1.807, 2.05) is 0 Å². The molecule has 0 saturated carbocycles. The predicted molar refractivity (Wildman–Crippen MR) is 61.9 cm³/mol. The lowest BCUT2D eigenvalue weighted by molar-refractivity contribution is -0.475. The van der Waals surface area contributed by atoms with Crippen molar-refractivity contribution >= 4 is 5.97 Å². The third-order valence-corrected chi connectivity index (χ3v) is 3.12. The molecule has 0 radical (unpaired) electrons. The van der Waals surface area contributed by atoms with Gasteiger partial charge in [0.1, 0.15) is 6.10 Å². The first-order chi connectivity index (χ1) is 11.0. The molecule has 0 aliphatic rings. The highest BCUT2D eigenvalue weighted by atomic mass is 19.4. The topological polar surface area (TPSA) is 35.5 Å². The minimum atomic E-state index is -7.24. The van der Waals surface area contributed by atoms with Crippen LogP contribution < -0.4 is 0 Å². The molecule has 0 N–H and O–H groups in total. The van der Waals surface area contributed by atoms with E-state index in [0.29, 0.717) is 0 Å². The standard InChI is InChI=1S/C12H13F11O3/c1-5(7(2,3)4)25-6(24)8(13,10(16,17)18)26-12(22,23)9(14,15)11(19,20)21/h5H,1-4H3/t5-,8+/m1/s1. The molecule has 0 rings (SSSR count). The summed E-state index contributed by atoms with van der Waals surface area (Å²) in [4.78, 5) is 11.3. The van der Waals surface area contributed by atoms with Gasteiger partial charge in [-0.15, -0.1) is 0 Å². The third-order valence-electron chi connectivity index (χ3n) is 3.12. The third kappa shape index (κ3) is 4.68. The average Bonchev–Trinajstić information content (AvgIpc) is 2.33. The Morgan fingerprint density at radius 1 is 0.769 bits per heavy atom. The second-order valence-corrected chi connectivity index (χ2v) is 6.20. The number of hydrogen-bond acceptors (Lipinski definition) is 3. The van der Waals surface area contributed by atoms with Crippen molar-refractivity contribution in [2.75, 3.05) is 0 Å². The number of carbonyl (C=O) groups excluding carboxylic acids is 1. The summed E-state index contributed by atoms with van der Waals surface area (Å²) < 4.78 is 145. The lowest BCUT2D eigenvalue weighted by Crippen LogP contribution is -2.62. The first kappa shape index (κ1) is 24.7. The molecule has 0 unspecified atom stereocenters. The van der Waals surface area contributed by atoms with E-state index in [-0.39, 0.29) is 0 Å². The molecule has 0 heterocycles. The highest BCUT2D eigenvalue weighted by molar-refractivity contribution is 5.79. The molecule has 3 nitrogen and oxygen atoms in total. The van der Waals surface area contributed by atoms with Crippen molar-refractivity contribution < 1.29 is 62.6 Å². The number of carbonyl (C=O) groups is 1. The van der Waals surface area contributed by atoms with Crippen LogP contribution in [-0.4, -0.2) is 42.3 Å². The summed E-state index contributed by atoms with van der Waals surface area (Å²) in [5, 5.41) is 0. The molecular formula is C12H13F11O3. The summed E-state index contributed by atoms with van der Waals surface area (Å²) in [6, 6.07) is 0. The molecule has 26 heavy (non-hydrogen) atoms. The van der Waals surface area contributed by atoms with Gasteiger partial charge >= 0.3 is 36.2 Å². The van der Waals surface area contributed by atoms with Crippen LogP contribution in [0.5, 0.6) is 0 Å². The van der Waals surface area contributed by atoms with Gasteiger partial charge in [0.05, 0.1) is 0 Å². The number of rotatable bonds is 5. The maximum absolute atomic E-state index is 13.9. The highest BCUT2D eigenvalue weighted by Gasteiger charge is 2.80. The Hall–Kier alpha value is -1.34. The number of hydrogen-bond donors (Lipinski definition) is 0. The quantitative estimate of drug-likeness (QED) is 0.469. The molecule has 0 fully saturated rings. The minimum absolute atomic E-state index is 0.900. The lowest BCUT2D eigenvalue weighted by atomic mass is 9.90. The van der Waals surface area contributed by atoms with Gasteiger partial charge in [-0.2, -0.15) is 48.3 Å². The van der Waals surface area contributed by atoms with Gasteiger partial charge in [0.2, 0.25) is 0 Å². The summed E-state index contributed by atoms with van der Waals surface area (Å²) in [6.07, 6.45) is -22.5. The fraction of sp³-hybridized carbons (Fsp3) is 0.917. The van der Waals surface area contributed by atoms with Crippen LogP contribution in [0.25, 0.3) is 0 Å². The molecule has 14 heteroatoms. The van der Waals surface area contributed by atoms with Crippen molar-refractivity contribution in [1.82, 2.24) is 0 Å². The Morgan fingerprint density at radius 2 is 1.15 bits per heavy atom. The van der Waals surface area contributed by atoms with E-state index in [2.05, 4.69) is 9.47 Å². The molecule has 0 aromatic carbocycles. The normalized spacial score (nSPS) is 18.3. The minimum Gasteiger partial charge on any atom is -0.458 e. The zero-order valence-electron chi connectivity index (χ0n) is 13.5. The zero-order valence-corrected chi connectivity index (χ0v) is 13.5. The molecule has 156 valence electrons. The van der Waals surface area contributed by atoms with Crippen molar-refractivity contribution in [3.8, 4) is 0 Å². The van der Waals surface area contributed by atoms with E-state index in [1.165, 1.54) is 20.8 Å². The lowest BCUT2D eigenvalue weighted by Gasteiger charge is -2.35. The van der Waals surface area contributed by atoms with E-state index in [4.69, 9.17) is 0 Å². The van der Waals surface area contributed by atoms with Gasteiger partial charge in [-0.3, -0.25) is 4.74 Å². The zero-order chi connectivity index (χ0) is 21.6. The van der Waals surface area contributed by atoms with Gasteiger partial charge in [-0.05, 0) is 12.3 Å². The van der Waals surface area contributed by atoms with Gasteiger partial charge in [-0.25, -0.2) is 4.79 Å². The molecule has 0 aromatic rings. The summed E-state index contributed by atoms with van der Waals surface area (Å²) in [5.74, 6) is -16.8. The van der Waals surface area contributed by atoms with Crippen molar-refractivity contribution in [3.05, 3.63) is 0 Å². The maximum atomic E-state index is 13.9. The highest BCUT2D eigenvalue weighted by Crippen LogP contribution is 2.51. The van der Waals surface area contributed by atoms with Crippen LogP contribution in [0.15, 0.2) is 0 Å². The molecule has 2 atom stereocenters. The van der Waals surface area contributed by atoms with Crippen molar-refractivity contribution in [2.24, 2.45) is 5.41 Å². The Balaban J connectivity index is 5.96. The predicted octanol–water partition coefficient (Wildman–Crippen LogP) is 5.00. The van der Waals surface area contributed by atoms with Gasteiger partial charge in [0.15, 0.2) is 0 Å². The van der Waals surface area contributed by atoms with Gasteiger partial charge < -0.3 is 4.74 Å². The summed E-state index contributed by atoms with van der Waals surface area (Å²) >= 11 is 0. The summed E-state index contributed by atoms with van der Waals surface area (Å²) in [6.45, 7) is 4.67. The fourth-order valence-corrected chi connectivity index (χ4v) is 1.03. The molecule has 0 spiro atoms. The average molecular weight is 414 g/mol. The van der Waals surface area contributed by atoms with Crippen LogP contribution in [0, 0.1) is 5.41 Å². The largest absolute Gasteiger partial charge is 0.462 e. The SMILES string of the molecule is C[C@@H](OC(=O)[C@](F)(OC(F)(F)C(F)(F)C(F)(F)F)C(F)(F)F)C(C)(C)C. The first-order valence-electron chi connectivity index (χ1n) is 6.50. The van der Waals surface area contributed by atoms with Crippen molar-refractivity contribution in [1.29, 1.82) is 0 Å². The summed E-state index contributed by atoms with van der Waals surface area (Å²) in [5.41, 5.74) is -1.17. The molecule has 0 aliphatic carbocycles. The molecule has 0 aliphatic heterocycles. The van der Waals surface area contributed by atoms with Crippen LogP contribution >= 0.6 is 0 Å². The number of halogens is 11. The summed E-state index contributed by atoms with van der Waals surface area (Å²) in [7, 11) is 0. The second kappa shape index (κ2) is 6.68. The first-order valence-corrected chi connectivity index (χ1v) is 6.50. The molecule has 0 aromatic heterocycles. The molecule has 0 bridgehead atoms. The van der Waals surface area contributed by atoms with Crippen LogP contribution in [0.3, 0.4) is 0 Å². The maximum Gasteiger partial charge on any atom is 0.462 e. The van der Waals surface area contributed by atoms with E-state index < -0.39 is 47.7 Å². The van der Waals surface area contributed by atoms with Crippen LogP contribution in [0.4, 0.5) is 48.3 Å². The van der Waals surface area contributed by atoms with Gasteiger partial charge in [0.25, 0.3) is 0 Å². The Bertz CT molecular complexity index is 518. The van der Waals surface area contributed by atoms with Gasteiger partial charge in [0, 0.05) is 0 Å². The van der Waals surface area contributed by atoms with E-state index in [9.17, 15) is 53.1 Å².